The van der Waals surface area contributed by atoms with E-state index in [4.69, 9.17) is 0 Å². The van der Waals surface area contributed by atoms with Gasteiger partial charge in [0, 0.05) is 0 Å². The number of aryl methyl sites for hydroxylation is 2. The standard InChI is InChI=1S/C19H16O2/c20-19(21)18-16(11-10-14-6-2-1-3-7-14)13-12-15-8-4-5-9-17(15)18/h1-9,12-13H,10-11H2,(H,20,21). The van der Waals surface area contributed by atoms with E-state index in [1.807, 2.05) is 54.6 Å². The molecule has 2 nitrogen and oxygen atoms in total. The Labute approximate surface area is 123 Å². The lowest BCUT2D eigenvalue weighted by Crippen LogP contribution is -2.05. The average molecular weight is 276 g/mol. The number of rotatable bonds is 4. The first kappa shape index (κ1) is 13.4. The van der Waals surface area contributed by atoms with Gasteiger partial charge in [0.05, 0.1) is 5.56 Å². The molecule has 0 fully saturated rings. The van der Waals surface area contributed by atoms with Crippen LogP contribution in [0.2, 0.25) is 0 Å². The Morgan fingerprint density at radius 2 is 1.52 bits per heavy atom. The van der Waals surface area contributed by atoms with E-state index < -0.39 is 5.97 Å². The van der Waals surface area contributed by atoms with Gasteiger partial charge in [-0.05, 0) is 34.7 Å². The van der Waals surface area contributed by atoms with Gasteiger partial charge in [0.1, 0.15) is 0 Å². The molecule has 0 radical (unpaired) electrons. The molecule has 0 bridgehead atoms. The maximum absolute atomic E-state index is 11.6. The number of carboxylic acids is 1. The van der Waals surface area contributed by atoms with Crippen molar-refractivity contribution in [1.82, 2.24) is 0 Å². The number of fused-ring (bicyclic) bond motifs is 1. The first-order valence-electron chi connectivity index (χ1n) is 7.03. The van der Waals surface area contributed by atoms with Gasteiger partial charge >= 0.3 is 5.97 Å². The number of hydrogen-bond donors (Lipinski definition) is 1. The van der Waals surface area contributed by atoms with Gasteiger partial charge in [0.2, 0.25) is 0 Å². The monoisotopic (exact) mass is 276 g/mol. The zero-order chi connectivity index (χ0) is 14.7. The summed E-state index contributed by atoms with van der Waals surface area (Å²) in [7, 11) is 0. The van der Waals surface area contributed by atoms with E-state index in [2.05, 4.69) is 12.1 Å². The van der Waals surface area contributed by atoms with Crippen molar-refractivity contribution in [3.05, 3.63) is 83.4 Å². The molecule has 0 aliphatic rings. The van der Waals surface area contributed by atoms with Crippen molar-refractivity contribution >= 4 is 16.7 Å². The molecular weight excluding hydrogens is 260 g/mol. The highest BCUT2D eigenvalue weighted by molar-refractivity contribution is 6.05. The molecule has 0 heterocycles. The molecule has 0 atom stereocenters. The average Bonchev–Trinajstić information content (AvgIpc) is 2.53. The highest BCUT2D eigenvalue weighted by Crippen LogP contribution is 2.24. The zero-order valence-corrected chi connectivity index (χ0v) is 11.6. The van der Waals surface area contributed by atoms with Crippen LogP contribution in [0.3, 0.4) is 0 Å². The maximum atomic E-state index is 11.6. The van der Waals surface area contributed by atoms with Gasteiger partial charge in [-0.3, -0.25) is 0 Å². The van der Waals surface area contributed by atoms with Crippen molar-refractivity contribution in [2.45, 2.75) is 12.8 Å². The lowest BCUT2D eigenvalue weighted by atomic mass is 9.95. The lowest BCUT2D eigenvalue weighted by Gasteiger charge is -2.10. The summed E-state index contributed by atoms with van der Waals surface area (Å²) in [6.07, 6.45) is 1.58. The van der Waals surface area contributed by atoms with Gasteiger partial charge in [-0.15, -0.1) is 0 Å². The van der Waals surface area contributed by atoms with Gasteiger partial charge in [0.15, 0.2) is 0 Å². The third-order valence-corrected chi connectivity index (χ3v) is 3.76. The lowest BCUT2D eigenvalue weighted by molar-refractivity contribution is 0.0698. The van der Waals surface area contributed by atoms with Crippen LogP contribution in [-0.4, -0.2) is 11.1 Å². The zero-order valence-electron chi connectivity index (χ0n) is 11.6. The predicted octanol–water partition coefficient (Wildman–Crippen LogP) is 4.32. The number of carboxylic acid groups (broad SMARTS) is 1. The van der Waals surface area contributed by atoms with Crippen LogP contribution in [0.15, 0.2) is 66.7 Å². The number of aromatic carboxylic acids is 1. The minimum absolute atomic E-state index is 0.434. The molecule has 2 heteroatoms. The van der Waals surface area contributed by atoms with Gasteiger partial charge in [-0.25, -0.2) is 4.79 Å². The van der Waals surface area contributed by atoms with Crippen LogP contribution in [-0.2, 0) is 12.8 Å². The molecule has 0 saturated carbocycles. The number of benzene rings is 3. The van der Waals surface area contributed by atoms with Crippen LogP contribution in [0, 0.1) is 0 Å². The highest BCUT2D eigenvalue weighted by Gasteiger charge is 2.14. The molecule has 0 aliphatic carbocycles. The molecule has 0 spiro atoms. The van der Waals surface area contributed by atoms with Gasteiger partial charge in [-0.1, -0.05) is 66.7 Å². The van der Waals surface area contributed by atoms with Gasteiger partial charge in [-0.2, -0.15) is 0 Å². The second kappa shape index (κ2) is 5.80. The molecular formula is C19H16O2. The van der Waals surface area contributed by atoms with Crippen molar-refractivity contribution in [3.8, 4) is 0 Å². The molecule has 3 aromatic rings. The van der Waals surface area contributed by atoms with Crippen LogP contribution in [0.4, 0.5) is 0 Å². The summed E-state index contributed by atoms with van der Waals surface area (Å²) < 4.78 is 0. The Balaban J connectivity index is 1.98. The van der Waals surface area contributed by atoms with E-state index in [-0.39, 0.29) is 0 Å². The van der Waals surface area contributed by atoms with Crippen molar-refractivity contribution in [2.24, 2.45) is 0 Å². The third-order valence-electron chi connectivity index (χ3n) is 3.76. The smallest absolute Gasteiger partial charge is 0.336 e. The fourth-order valence-electron chi connectivity index (χ4n) is 2.70. The summed E-state index contributed by atoms with van der Waals surface area (Å²) in [4.78, 5) is 11.6. The fourth-order valence-corrected chi connectivity index (χ4v) is 2.70. The quantitative estimate of drug-likeness (QED) is 0.770. The summed E-state index contributed by atoms with van der Waals surface area (Å²) in [5.74, 6) is -0.852. The molecule has 3 aromatic carbocycles. The Hall–Kier alpha value is -2.61. The molecule has 104 valence electrons. The number of carbonyl (C=O) groups is 1. The third kappa shape index (κ3) is 2.79. The minimum atomic E-state index is -0.852. The normalized spacial score (nSPS) is 10.7. The van der Waals surface area contributed by atoms with Crippen molar-refractivity contribution in [2.75, 3.05) is 0 Å². The largest absolute Gasteiger partial charge is 0.478 e. The molecule has 0 unspecified atom stereocenters. The van der Waals surface area contributed by atoms with E-state index in [0.717, 1.165) is 29.2 Å². The Morgan fingerprint density at radius 3 is 2.29 bits per heavy atom. The highest BCUT2D eigenvalue weighted by atomic mass is 16.4. The van der Waals surface area contributed by atoms with Gasteiger partial charge in [0.25, 0.3) is 0 Å². The van der Waals surface area contributed by atoms with E-state index in [0.29, 0.717) is 5.56 Å². The second-order valence-corrected chi connectivity index (χ2v) is 5.11. The molecule has 3 rings (SSSR count). The summed E-state index contributed by atoms with van der Waals surface area (Å²) in [6, 6.07) is 21.7. The van der Waals surface area contributed by atoms with E-state index >= 15 is 0 Å². The van der Waals surface area contributed by atoms with Crippen LogP contribution >= 0.6 is 0 Å². The summed E-state index contributed by atoms with van der Waals surface area (Å²) in [5.41, 5.74) is 2.55. The van der Waals surface area contributed by atoms with Crippen LogP contribution in [0.1, 0.15) is 21.5 Å². The predicted molar refractivity (Wildman–Crippen MR) is 84.8 cm³/mol. The Bertz CT molecular complexity index is 776. The Morgan fingerprint density at radius 1 is 0.810 bits per heavy atom. The molecule has 0 saturated heterocycles. The SMILES string of the molecule is O=C(O)c1c(CCc2ccccc2)ccc2ccccc12. The topological polar surface area (TPSA) is 37.3 Å². The van der Waals surface area contributed by atoms with E-state index in [1.165, 1.54) is 5.56 Å². The van der Waals surface area contributed by atoms with Gasteiger partial charge < -0.3 is 5.11 Å². The van der Waals surface area contributed by atoms with Crippen LogP contribution in [0.5, 0.6) is 0 Å². The second-order valence-electron chi connectivity index (χ2n) is 5.11. The van der Waals surface area contributed by atoms with Crippen molar-refractivity contribution < 1.29 is 9.90 Å². The molecule has 0 amide bonds. The maximum Gasteiger partial charge on any atom is 0.336 e. The minimum Gasteiger partial charge on any atom is -0.478 e. The first-order chi connectivity index (χ1) is 10.3. The van der Waals surface area contributed by atoms with Crippen LogP contribution in [0.25, 0.3) is 10.8 Å². The summed E-state index contributed by atoms with van der Waals surface area (Å²) in [5, 5.41) is 11.3. The van der Waals surface area contributed by atoms with Crippen molar-refractivity contribution in [1.29, 1.82) is 0 Å². The van der Waals surface area contributed by atoms with Crippen molar-refractivity contribution in [3.63, 3.8) is 0 Å². The molecule has 21 heavy (non-hydrogen) atoms. The Kier molecular flexibility index (Phi) is 3.69. The molecule has 1 N–H and O–H groups in total. The first-order valence-corrected chi connectivity index (χ1v) is 7.03. The van der Waals surface area contributed by atoms with E-state index in [1.54, 1.807) is 0 Å². The summed E-state index contributed by atoms with van der Waals surface area (Å²) in [6.45, 7) is 0. The molecule has 0 aliphatic heterocycles. The summed E-state index contributed by atoms with van der Waals surface area (Å²) >= 11 is 0. The van der Waals surface area contributed by atoms with E-state index in [9.17, 15) is 9.90 Å². The number of hydrogen-bond acceptors (Lipinski definition) is 1. The van der Waals surface area contributed by atoms with Crippen LogP contribution < -0.4 is 0 Å². The molecule has 0 aromatic heterocycles. The fraction of sp³-hybridized carbons (Fsp3) is 0.105.